The maximum Gasteiger partial charge on any atom is 0.274 e. The molecule has 0 aliphatic rings. The molecule has 0 saturated carbocycles. The summed E-state index contributed by atoms with van der Waals surface area (Å²) >= 11 is 0. The summed E-state index contributed by atoms with van der Waals surface area (Å²) < 4.78 is 40.2. The van der Waals surface area contributed by atoms with Crippen LogP contribution in [0.25, 0.3) is 0 Å². The van der Waals surface area contributed by atoms with Crippen LogP contribution in [0.4, 0.5) is 15.8 Å². The van der Waals surface area contributed by atoms with E-state index in [9.17, 15) is 22.9 Å². The Labute approximate surface area is 122 Å². The molecule has 0 heterocycles. The largest absolute Gasteiger partial charge is 0.397 e. The summed E-state index contributed by atoms with van der Waals surface area (Å²) in [4.78, 5) is 9.09. The number of nitro groups is 1. The highest BCUT2D eigenvalue weighted by Crippen LogP contribution is 2.30. The second-order valence-electron chi connectivity index (χ2n) is 4.57. The minimum Gasteiger partial charge on any atom is -0.397 e. The Morgan fingerprint density at radius 1 is 1.43 bits per heavy atom. The molecule has 2 N–H and O–H groups in total. The Kier molecular flexibility index (Phi) is 5.24. The molecule has 1 aromatic carbocycles. The molecular formula is C12H18FN3O4S. The lowest BCUT2D eigenvalue weighted by Crippen LogP contribution is -2.38. The molecule has 0 bridgehead atoms. The molecule has 0 radical (unpaired) electrons. The molecular weight excluding hydrogens is 301 g/mol. The molecule has 1 aromatic rings. The number of hydrogen-bond acceptors (Lipinski definition) is 5. The van der Waals surface area contributed by atoms with Gasteiger partial charge in [0.1, 0.15) is 4.90 Å². The van der Waals surface area contributed by atoms with Gasteiger partial charge in [-0.2, -0.15) is 4.31 Å². The molecule has 1 unspecified atom stereocenters. The van der Waals surface area contributed by atoms with Gasteiger partial charge in [0.05, 0.1) is 16.7 Å². The van der Waals surface area contributed by atoms with Gasteiger partial charge in [-0.15, -0.1) is 0 Å². The van der Waals surface area contributed by atoms with Crippen molar-refractivity contribution in [1.29, 1.82) is 0 Å². The zero-order valence-corrected chi connectivity index (χ0v) is 12.9. The van der Waals surface area contributed by atoms with Crippen molar-refractivity contribution in [3.63, 3.8) is 0 Å². The van der Waals surface area contributed by atoms with Crippen molar-refractivity contribution < 1.29 is 17.7 Å². The van der Waals surface area contributed by atoms with E-state index in [1.807, 2.05) is 0 Å². The van der Waals surface area contributed by atoms with Crippen LogP contribution in [-0.2, 0) is 10.0 Å². The number of rotatable bonds is 6. The molecule has 0 aromatic heterocycles. The number of anilines is 1. The van der Waals surface area contributed by atoms with E-state index in [2.05, 4.69) is 0 Å². The van der Waals surface area contributed by atoms with Crippen molar-refractivity contribution in [2.24, 2.45) is 0 Å². The van der Waals surface area contributed by atoms with Gasteiger partial charge in [-0.05, 0) is 13.3 Å². The first-order chi connectivity index (χ1) is 9.66. The molecule has 9 heteroatoms. The van der Waals surface area contributed by atoms with Crippen molar-refractivity contribution in [2.45, 2.75) is 38.1 Å². The highest BCUT2D eigenvalue weighted by molar-refractivity contribution is 7.89. The molecule has 0 spiro atoms. The molecule has 21 heavy (non-hydrogen) atoms. The number of benzene rings is 1. The van der Waals surface area contributed by atoms with Crippen LogP contribution in [0, 0.1) is 15.9 Å². The van der Waals surface area contributed by atoms with Crippen LogP contribution < -0.4 is 5.73 Å². The Morgan fingerprint density at radius 2 is 2.00 bits per heavy atom. The third-order valence-corrected chi connectivity index (χ3v) is 5.41. The predicted molar refractivity (Wildman–Crippen MR) is 76.8 cm³/mol. The summed E-state index contributed by atoms with van der Waals surface area (Å²) in [5.74, 6) is -1.22. The first-order valence-corrected chi connectivity index (χ1v) is 7.86. The maximum atomic E-state index is 14.0. The van der Waals surface area contributed by atoms with E-state index in [0.29, 0.717) is 12.5 Å². The zero-order chi connectivity index (χ0) is 16.4. The molecule has 7 nitrogen and oxygen atoms in total. The fourth-order valence-corrected chi connectivity index (χ4v) is 3.88. The van der Waals surface area contributed by atoms with E-state index in [-0.39, 0.29) is 12.6 Å². The number of halogens is 1. The van der Waals surface area contributed by atoms with Crippen LogP contribution in [-0.4, -0.2) is 30.2 Å². The molecule has 0 saturated heterocycles. The van der Waals surface area contributed by atoms with Crippen LogP contribution >= 0.6 is 0 Å². The van der Waals surface area contributed by atoms with Crippen LogP contribution in [0.3, 0.4) is 0 Å². The third kappa shape index (κ3) is 3.30. The highest BCUT2D eigenvalue weighted by atomic mass is 32.2. The van der Waals surface area contributed by atoms with E-state index < -0.39 is 37.0 Å². The Balaban J connectivity index is 3.48. The number of nitrogens with zero attached hydrogens (tertiary/aromatic N) is 2. The minimum absolute atomic E-state index is 0.146. The topological polar surface area (TPSA) is 107 Å². The van der Waals surface area contributed by atoms with Gasteiger partial charge in [-0.1, -0.05) is 13.8 Å². The summed E-state index contributed by atoms with van der Waals surface area (Å²) in [7, 11) is -4.16. The molecule has 0 aliphatic carbocycles. The first kappa shape index (κ1) is 17.3. The lowest BCUT2D eigenvalue weighted by atomic mass is 10.3. The predicted octanol–water partition coefficient (Wildman–Crippen LogP) is 2.13. The SMILES string of the molecule is CCC(C)N(CC)S(=O)(=O)c1c(N)cc([N+](=O)[O-])cc1F. The number of nitrogen functional groups attached to an aromatic ring is 1. The lowest BCUT2D eigenvalue weighted by molar-refractivity contribution is -0.385. The van der Waals surface area contributed by atoms with Crippen molar-refractivity contribution in [2.75, 3.05) is 12.3 Å². The zero-order valence-electron chi connectivity index (χ0n) is 12.0. The number of nitrogens with two attached hydrogens (primary N) is 1. The Hall–Kier alpha value is -1.74. The van der Waals surface area contributed by atoms with Gasteiger partial charge in [0.2, 0.25) is 10.0 Å². The summed E-state index contributed by atoms with van der Waals surface area (Å²) in [5, 5.41) is 10.6. The standard InChI is InChI=1S/C12H18FN3O4S/c1-4-8(3)15(5-2)21(19,20)12-10(13)6-9(16(17)18)7-11(12)14/h6-8H,4-5,14H2,1-3H3. The average Bonchev–Trinajstić information content (AvgIpc) is 2.37. The fourth-order valence-electron chi connectivity index (χ4n) is 2.02. The van der Waals surface area contributed by atoms with Crippen molar-refractivity contribution in [3.8, 4) is 0 Å². The van der Waals surface area contributed by atoms with E-state index in [4.69, 9.17) is 5.73 Å². The highest BCUT2D eigenvalue weighted by Gasteiger charge is 2.32. The third-order valence-electron chi connectivity index (χ3n) is 3.23. The smallest absolute Gasteiger partial charge is 0.274 e. The van der Waals surface area contributed by atoms with E-state index in [1.54, 1.807) is 20.8 Å². The molecule has 118 valence electrons. The van der Waals surface area contributed by atoms with E-state index >= 15 is 0 Å². The molecule has 1 rings (SSSR count). The van der Waals surface area contributed by atoms with Gasteiger partial charge in [0, 0.05) is 18.7 Å². The molecule has 1 atom stereocenters. The Morgan fingerprint density at radius 3 is 2.38 bits per heavy atom. The van der Waals surface area contributed by atoms with E-state index in [0.717, 1.165) is 10.4 Å². The summed E-state index contributed by atoms with van der Waals surface area (Å²) in [6.45, 7) is 5.27. The fraction of sp³-hybridized carbons (Fsp3) is 0.500. The van der Waals surface area contributed by atoms with Crippen molar-refractivity contribution >= 4 is 21.4 Å². The quantitative estimate of drug-likeness (QED) is 0.491. The second-order valence-corrected chi connectivity index (χ2v) is 6.40. The van der Waals surface area contributed by atoms with Crippen LogP contribution in [0.15, 0.2) is 17.0 Å². The normalized spacial score (nSPS) is 13.4. The van der Waals surface area contributed by atoms with Gasteiger partial charge < -0.3 is 5.73 Å². The van der Waals surface area contributed by atoms with Crippen LogP contribution in [0.5, 0.6) is 0 Å². The summed E-state index contributed by atoms with van der Waals surface area (Å²) in [6, 6.07) is 1.07. The lowest BCUT2D eigenvalue weighted by Gasteiger charge is -2.26. The van der Waals surface area contributed by atoms with Gasteiger partial charge in [0.15, 0.2) is 5.82 Å². The van der Waals surface area contributed by atoms with Crippen molar-refractivity contribution in [1.82, 2.24) is 4.31 Å². The van der Waals surface area contributed by atoms with Gasteiger partial charge >= 0.3 is 0 Å². The molecule has 0 fully saturated rings. The summed E-state index contributed by atoms with van der Waals surface area (Å²) in [5.41, 5.74) is 4.47. The average molecular weight is 319 g/mol. The first-order valence-electron chi connectivity index (χ1n) is 6.42. The van der Waals surface area contributed by atoms with Crippen LogP contribution in [0.1, 0.15) is 27.2 Å². The van der Waals surface area contributed by atoms with E-state index in [1.165, 1.54) is 0 Å². The number of sulfonamides is 1. The van der Waals surface area contributed by atoms with Crippen LogP contribution in [0.2, 0.25) is 0 Å². The summed E-state index contributed by atoms with van der Waals surface area (Å²) in [6.07, 6.45) is 0.543. The number of hydrogen-bond donors (Lipinski definition) is 1. The Bertz CT molecular complexity index is 625. The van der Waals surface area contributed by atoms with Gasteiger partial charge in [-0.25, -0.2) is 12.8 Å². The number of nitro benzene ring substituents is 1. The minimum atomic E-state index is -4.16. The molecule has 0 aliphatic heterocycles. The van der Waals surface area contributed by atoms with Gasteiger partial charge in [0.25, 0.3) is 5.69 Å². The second kappa shape index (κ2) is 6.35. The van der Waals surface area contributed by atoms with Gasteiger partial charge in [-0.3, -0.25) is 10.1 Å². The number of non-ortho nitro benzene ring substituents is 1. The monoisotopic (exact) mass is 319 g/mol. The van der Waals surface area contributed by atoms with Crippen molar-refractivity contribution in [3.05, 3.63) is 28.1 Å². The molecule has 0 amide bonds. The maximum absolute atomic E-state index is 14.0.